The van der Waals surface area contributed by atoms with Crippen LogP contribution in [0.5, 0.6) is 17.2 Å². The third-order valence-corrected chi connectivity index (χ3v) is 5.66. The lowest BCUT2D eigenvalue weighted by Crippen LogP contribution is -2.46. The molecule has 0 saturated heterocycles. The van der Waals surface area contributed by atoms with Crippen molar-refractivity contribution in [3.63, 3.8) is 0 Å². The van der Waals surface area contributed by atoms with E-state index in [9.17, 15) is 4.79 Å². The summed E-state index contributed by atoms with van der Waals surface area (Å²) in [5, 5.41) is 6.38. The van der Waals surface area contributed by atoms with Crippen molar-refractivity contribution in [2.75, 3.05) is 21.3 Å². The second-order valence-corrected chi connectivity index (χ2v) is 8.66. The highest BCUT2D eigenvalue weighted by molar-refractivity contribution is 7.80. The fourth-order valence-corrected chi connectivity index (χ4v) is 3.97. The van der Waals surface area contributed by atoms with E-state index < -0.39 is 0 Å². The van der Waals surface area contributed by atoms with Gasteiger partial charge in [0.05, 0.1) is 21.3 Å². The molecule has 156 valence electrons. The number of rotatable bonds is 5. The Morgan fingerprint density at radius 1 is 1.00 bits per heavy atom. The van der Waals surface area contributed by atoms with Crippen molar-refractivity contribution < 1.29 is 19.0 Å². The maximum absolute atomic E-state index is 12.6. The number of ether oxygens (including phenoxy) is 3. The Hall–Kier alpha value is -2.02. The van der Waals surface area contributed by atoms with Gasteiger partial charge in [-0.15, -0.1) is 0 Å². The minimum Gasteiger partial charge on any atom is -0.493 e. The monoisotopic (exact) mass is 408 g/mol. The summed E-state index contributed by atoms with van der Waals surface area (Å²) < 4.78 is 15.9. The van der Waals surface area contributed by atoms with E-state index in [2.05, 4.69) is 31.4 Å². The van der Waals surface area contributed by atoms with Crippen molar-refractivity contribution in [3.8, 4) is 17.2 Å². The van der Waals surface area contributed by atoms with Gasteiger partial charge in [-0.25, -0.2) is 0 Å². The first-order chi connectivity index (χ1) is 13.2. The highest BCUT2D eigenvalue weighted by Gasteiger charge is 2.30. The predicted molar refractivity (Wildman–Crippen MR) is 114 cm³/mol. The maximum Gasteiger partial charge on any atom is 0.257 e. The molecule has 1 aliphatic rings. The number of benzene rings is 1. The molecule has 0 aromatic heterocycles. The number of methoxy groups -OCH3 is 3. The molecule has 1 amide bonds. The van der Waals surface area contributed by atoms with Crippen molar-refractivity contribution in [2.24, 2.45) is 11.3 Å². The van der Waals surface area contributed by atoms with Gasteiger partial charge in [-0.05, 0) is 61.4 Å². The molecule has 0 atom stereocenters. The Bertz CT molecular complexity index is 682. The minimum atomic E-state index is -0.319. The topological polar surface area (TPSA) is 68.8 Å². The molecule has 2 rings (SSSR count). The number of thiocarbonyl (C=S) groups is 1. The van der Waals surface area contributed by atoms with Crippen LogP contribution in [-0.4, -0.2) is 38.4 Å². The zero-order valence-electron chi connectivity index (χ0n) is 17.7. The Kier molecular flexibility index (Phi) is 7.52. The number of nitrogens with one attached hydrogen (secondary N) is 2. The van der Waals surface area contributed by atoms with E-state index >= 15 is 0 Å². The Balaban J connectivity index is 1.97. The van der Waals surface area contributed by atoms with Crippen LogP contribution in [0, 0.1) is 11.3 Å². The maximum atomic E-state index is 12.6. The Morgan fingerprint density at radius 3 is 1.96 bits per heavy atom. The summed E-state index contributed by atoms with van der Waals surface area (Å²) in [6.45, 7) is 6.90. The number of carbonyl (C=O) groups is 1. The van der Waals surface area contributed by atoms with Gasteiger partial charge < -0.3 is 19.5 Å². The van der Waals surface area contributed by atoms with E-state index in [1.54, 1.807) is 12.1 Å². The van der Waals surface area contributed by atoms with E-state index in [0.717, 1.165) is 18.8 Å². The van der Waals surface area contributed by atoms with Gasteiger partial charge in [0.15, 0.2) is 16.6 Å². The van der Waals surface area contributed by atoms with Crippen molar-refractivity contribution in [2.45, 2.75) is 52.5 Å². The second kappa shape index (κ2) is 9.45. The van der Waals surface area contributed by atoms with Gasteiger partial charge in [-0.3, -0.25) is 10.1 Å². The molecule has 1 aromatic rings. The standard InChI is InChI=1S/C21H32N2O4S/c1-21(2,3)14-7-9-15(10-8-14)22-20(28)23-19(24)13-11-16(25-4)18(27-6)17(12-13)26-5/h11-12,14-15H,7-10H2,1-6H3,(H2,22,23,24,28). The molecular formula is C21H32N2O4S. The number of amides is 1. The van der Waals surface area contributed by atoms with Gasteiger partial charge in [-0.1, -0.05) is 20.8 Å². The minimum absolute atomic E-state index is 0.298. The summed E-state index contributed by atoms with van der Waals surface area (Å²) in [4.78, 5) is 12.6. The lowest BCUT2D eigenvalue weighted by molar-refractivity contribution is 0.0975. The molecule has 0 unspecified atom stereocenters. The SMILES string of the molecule is COc1cc(C(=O)NC(=S)NC2CCC(C(C)(C)C)CC2)cc(OC)c1OC. The Labute approximate surface area is 173 Å². The van der Waals surface area contributed by atoms with Crippen LogP contribution in [0.15, 0.2) is 12.1 Å². The van der Waals surface area contributed by atoms with Gasteiger partial charge in [0.1, 0.15) is 0 Å². The largest absolute Gasteiger partial charge is 0.493 e. The number of hydrogen-bond acceptors (Lipinski definition) is 5. The van der Waals surface area contributed by atoms with E-state index in [4.69, 9.17) is 26.4 Å². The lowest BCUT2D eigenvalue weighted by atomic mass is 9.71. The van der Waals surface area contributed by atoms with Gasteiger partial charge in [0.25, 0.3) is 5.91 Å². The first-order valence-electron chi connectivity index (χ1n) is 9.61. The quantitative estimate of drug-likeness (QED) is 0.720. The molecule has 1 aliphatic carbocycles. The van der Waals surface area contributed by atoms with Crippen LogP contribution in [0.2, 0.25) is 0 Å². The summed E-state index contributed by atoms with van der Waals surface area (Å²) in [7, 11) is 4.55. The average Bonchev–Trinajstić information content (AvgIpc) is 2.66. The highest BCUT2D eigenvalue weighted by Crippen LogP contribution is 2.39. The third-order valence-electron chi connectivity index (χ3n) is 5.44. The molecular weight excluding hydrogens is 376 g/mol. The fourth-order valence-electron chi connectivity index (χ4n) is 3.71. The van der Waals surface area contributed by atoms with Gasteiger partial charge in [0, 0.05) is 11.6 Å². The van der Waals surface area contributed by atoms with Gasteiger partial charge >= 0.3 is 0 Å². The zero-order valence-corrected chi connectivity index (χ0v) is 18.5. The molecule has 1 saturated carbocycles. The van der Waals surface area contributed by atoms with E-state index in [1.165, 1.54) is 34.2 Å². The van der Waals surface area contributed by atoms with E-state index in [1.807, 2.05) is 0 Å². The smallest absolute Gasteiger partial charge is 0.257 e. The summed E-state index contributed by atoms with van der Waals surface area (Å²) in [6.07, 6.45) is 4.46. The molecule has 0 bridgehead atoms. The van der Waals surface area contributed by atoms with Crippen molar-refractivity contribution in [1.29, 1.82) is 0 Å². The van der Waals surface area contributed by atoms with Crippen LogP contribution in [0.25, 0.3) is 0 Å². The second-order valence-electron chi connectivity index (χ2n) is 8.26. The van der Waals surface area contributed by atoms with Crippen LogP contribution in [0.4, 0.5) is 0 Å². The average molecular weight is 409 g/mol. The molecule has 7 heteroatoms. The first kappa shape index (κ1) is 22.3. The molecule has 2 N–H and O–H groups in total. The van der Waals surface area contributed by atoms with Crippen LogP contribution in [-0.2, 0) is 0 Å². The summed E-state index contributed by atoms with van der Waals surface area (Å²) in [5.41, 5.74) is 0.724. The van der Waals surface area contributed by atoms with Crippen molar-refractivity contribution in [3.05, 3.63) is 17.7 Å². The number of hydrogen-bond donors (Lipinski definition) is 2. The van der Waals surface area contributed by atoms with Crippen molar-refractivity contribution in [1.82, 2.24) is 10.6 Å². The molecule has 0 spiro atoms. The van der Waals surface area contributed by atoms with E-state index in [-0.39, 0.29) is 5.91 Å². The molecule has 28 heavy (non-hydrogen) atoms. The van der Waals surface area contributed by atoms with Crippen LogP contribution >= 0.6 is 12.2 Å². The first-order valence-corrected chi connectivity index (χ1v) is 10.0. The fraction of sp³-hybridized carbons (Fsp3) is 0.619. The molecule has 1 aromatic carbocycles. The molecule has 1 fully saturated rings. The van der Waals surface area contributed by atoms with E-state index in [0.29, 0.717) is 39.4 Å². The van der Waals surface area contributed by atoms with Gasteiger partial charge in [-0.2, -0.15) is 0 Å². The summed E-state index contributed by atoms with van der Waals surface area (Å²) in [6, 6.07) is 3.51. The molecule has 6 nitrogen and oxygen atoms in total. The van der Waals surface area contributed by atoms with Gasteiger partial charge in [0.2, 0.25) is 5.75 Å². The lowest BCUT2D eigenvalue weighted by Gasteiger charge is -2.37. The normalized spacial score (nSPS) is 19.5. The van der Waals surface area contributed by atoms with Crippen LogP contribution < -0.4 is 24.8 Å². The number of carbonyl (C=O) groups excluding carboxylic acids is 1. The molecule has 0 heterocycles. The Morgan fingerprint density at radius 2 is 1.54 bits per heavy atom. The predicted octanol–water partition coefficient (Wildman–Crippen LogP) is 3.92. The zero-order chi connectivity index (χ0) is 20.9. The highest BCUT2D eigenvalue weighted by atomic mass is 32.1. The van der Waals surface area contributed by atoms with Crippen LogP contribution in [0.1, 0.15) is 56.8 Å². The molecule has 0 radical (unpaired) electrons. The third kappa shape index (κ3) is 5.50. The van der Waals surface area contributed by atoms with Crippen LogP contribution in [0.3, 0.4) is 0 Å². The summed E-state index contributed by atoms with van der Waals surface area (Å²) >= 11 is 5.35. The van der Waals surface area contributed by atoms with Crippen molar-refractivity contribution >= 4 is 23.2 Å². The molecule has 0 aliphatic heterocycles. The summed E-state index contributed by atoms with van der Waals surface area (Å²) in [5.74, 6) is 1.70.